The molecule has 5 heteroatoms. The number of likely N-dealkylation sites (tertiary alicyclic amines) is 1. The number of nitrogens with zero attached hydrogens (tertiary/aromatic N) is 1. The van der Waals surface area contributed by atoms with E-state index in [1.807, 2.05) is 48.5 Å². The first kappa shape index (κ1) is 18.9. The van der Waals surface area contributed by atoms with Gasteiger partial charge >= 0.3 is 0 Å². The summed E-state index contributed by atoms with van der Waals surface area (Å²) in [5.41, 5.74) is 2.11. The molecule has 0 saturated carbocycles. The summed E-state index contributed by atoms with van der Waals surface area (Å²) >= 11 is 3.52. The van der Waals surface area contributed by atoms with Crippen LogP contribution in [0.3, 0.4) is 0 Å². The Morgan fingerprint density at radius 3 is 2.50 bits per heavy atom. The third-order valence-corrected chi connectivity index (χ3v) is 5.58. The molecule has 1 N–H and O–H groups in total. The Hall–Kier alpha value is -1.85. The van der Waals surface area contributed by atoms with Gasteiger partial charge in [0.25, 0.3) is 0 Å². The minimum absolute atomic E-state index is 0.0195. The highest BCUT2D eigenvalue weighted by Crippen LogP contribution is 2.22. The molecule has 0 radical (unpaired) electrons. The molecule has 2 aromatic carbocycles. The summed E-state index contributed by atoms with van der Waals surface area (Å²) in [7, 11) is 1.66. The van der Waals surface area contributed by atoms with Crippen LogP contribution < -0.4 is 10.1 Å². The molecule has 0 aromatic heterocycles. The third kappa shape index (κ3) is 5.08. The van der Waals surface area contributed by atoms with Crippen LogP contribution >= 0.6 is 15.9 Å². The van der Waals surface area contributed by atoms with Crippen molar-refractivity contribution in [2.24, 2.45) is 0 Å². The molecule has 138 valence electrons. The van der Waals surface area contributed by atoms with E-state index in [4.69, 9.17) is 4.74 Å². The van der Waals surface area contributed by atoms with Crippen LogP contribution in [0, 0.1) is 0 Å². The van der Waals surface area contributed by atoms with Crippen LogP contribution in [0.5, 0.6) is 5.75 Å². The van der Waals surface area contributed by atoms with E-state index >= 15 is 0 Å². The maximum atomic E-state index is 12.7. The van der Waals surface area contributed by atoms with Gasteiger partial charge < -0.3 is 15.0 Å². The molecule has 0 spiro atoms. The minimum Gasteiger partial charge on any atom is -0.497 e. The molecule has 1 aliphatic rings. The van der Waals surface area contributed by atoms with Crippen molar-refractivity contribution in [1.82, 2.24) is 10.2 Å². The molecule has 1 saturated heterocycles. The lowest BCUT2D eigenvalue weighted by atomic mass is 10.0. The van der Waals surface area contributed by atoms with Gasteiger partial charge in [-0.2, -0.15) is 0 Å². The molecule has 0 unspecified atom stereocenters. The van der Waals surface area contributed by atoms with Crippen molar-refractivity contribution >= 4 is 21.8 Å². The lowest BCUT2D eigenvalue weighted by molar-refractivity contribution is -0.121. The number of carbonyl (C=O) groups excluding carboxylic acids is 1. The highest BCUT2D eigenvalue weighted by molar-refractivity contribution is 9.10. The van der Waals surface area contributed by atoms with E-state index in [2.05, 4.69) is 26.1 Å². The normalized spacial score (nSPS) is 15.6. The summed E-state index contributed by atoms with van der Waals surface area (Å²) in [4.78, 5) is 15.1. The molecule has 1 fully saturated rings. The number of nitrogens with one attached hydrogen (secondary N) is 1. The predicted molar refractivity (Wildman–Crippen MR) is 107 cm³/mol. The van der Waals surface area contributed by atoms with E-state index in [-0.39, 0.29) is 11.9 Å². The number of carbonyl (C=O) groups is 1. The fourth-order valence-corrected chi connectivity index (χ4v) is 3.78. The van der Waals surface area contributed by atoms with E-state index in [0.29, 0.717) is 6.42 Å². The number of benzene rings is 2. The molecule has 2 aromatic rings. The van der Waals surface area contributed by atoms with E-state index in [1.165, 1.54) is 12.8 Å². The molecule has 1 atom stereocenters. The van der Waals surface area contributed by atoms with Gasteiger partial charge in [-0.1, -0.05) is 46.3 Å². The van der Waals surface area contributed by atoms with Crippen molar-refractivity contribution in [3.05, 3.63) is 64.1 Å². The standard InChI is InChI=1S/C21H25BrN2O2/c1-26-18-10-8-16(9-11-18)20(15-24-12-4-5-13-24)23-21(25)14-17-6-2-3-7-19(17)22/h2-3,6-11,20H,4-5,12-15H2,1H3,(H,23,25)/t20-/m0/s1. The first-order chi connectivity index (χ1) is 12.7. The van der Waals surface area contributed by atoms with Crippen LogP contribution in [0.2, 0.25) is 0 Å². The second kappa shape index (κ2) is 9.19. The molecule has 1 heterocycles. The number of hydrogen-bond acceptors (Lipinski definition) is 3. The zero-order valence-electron chi connectivity index (χ0n) is 15.1. The molecule has 1 aliphatic heterocycles. The Morgan fingerprint density at radius 1 is 1.15 bits per heavy atom. The van der Waals surface area contributed by atoms with Gasteiger partial charge in [-0.3, -0.25) is 4.79 Å². The van der Waals surface area contributed by atoms with Crippen molar-refractivity contribution in [2.45, 2.75) is 25.3 Å². The topological polar surface area (TPSA) is 41.6 Å². The Labute approximate surface area is 163 Å². The van der Waals surface area contributed by atoms with Crippen LogP contribution in [0.15, 0.2) is 53.0 Å². The van der Waals surface area contributed by atoms with Gasteiger partial charge in [-0.15, -0.1) is 0 Å². The Balaban J connectivity index is 1.71. The van der Waals surface area contributed by atoms with Crippen LogP contribution in [0.25, 0.3) is 0 Å². The van der Waals surface area contributed by atoms with Crippen molar-refractivity contribution < 1.29 is 9.53 Å². The number of rotatable bonds is 7. The average molecular weight is 417 g/mol. The molecule has 1 amide bonds. The predicted octanol–water partition coefficient (Wildman–Crippen LogP) is 3.95. The van der Waals surface area contributed by atoms with Gasteiger partial charge in [0, 0.05) is 11.0 Å². The lowest BCUT2D eigenvalue weighted by Gasteiger charge is -2.25. The summed E-state index contributed by atoms with van der Waals surface area (Å²) in [5, 5.41) is 3.23. The quantitative estimate of drug-likeness (QED) is 0.742. The molecular weight excluding hydrogens is 392 g/mol. The average Bonchev–Trinajstić information content (AvgIpc) is 3.16. The first-order valence-corrected chi connectivity index (χ1v) is 9.84. The van der Waals surface area contributed by atoms with E-state index in [1.54, 1.807) is 7.11 Å². The second-order valence-electron chi connectivity index (χ2n) is 6.67. The molecule has 0 aliphatic carbocycles. The van der Waals surface area contributed by atoms with Crippen molar-refractivity contribution in [3.8, 4) is 5.75 Å². The van der Waals surface area contributed by atoms with Crippen LogP contribution in [0.4, 0.5) is 0 Å². The maximum Gasteiger partial charge on any atom is 0.224 e. The number of hydrogen-bond donors (Lipinski definition) is 1. The lowest BCUT2D eigenvalue weighted by Crippen LogP contribution is -2.37. The minimum atomic E-state index is -0.0195. The highest BCUT2D eigenvalue weighted by Gasteiger charge is 2.21. The second-order valence-corrected chi connectivity index (χ2v) is 7.52. The van der Waals surface area contributed by atoms with Crippen molar-refractivity contribution in [3.63, 3.8) is 0 Å². The van der Waals surface area contributed by atoms with Crippen LogP contribution in [0.1, 0.15) is 30.0 Å². The fraction of sp³-hybridized carbons (Fsp3) is 0.381. The summed E-state index contributed by atoms with van der Waals surface area (Å²) in [5.74, 6) is 0.866. The zero-order chi connectivity index (χ0) is 18.4. The molecule has 0 bridgehead atoms. The first-order valence-electron chi connectivity index (χ1n) is 9.05. The maximum absolute atomic E-state index is 12.7. The van der Waals surface area contributed by atoms with Gasteiger partial charge in [0.2, 0.25) is 5.91 Å². The summed E-state index contributed by atoms with van der Waals surface area (Å²) in [6.45, 7) is 3.05. The number of methoxy groups -OCH3 is 1. The smallest absolute Gasteiger partial charge is 0.224 e. The molecule has 26 heavy (non-hydrogen) atoms. The van der Waals surface area contributed by atoms with Gasteiger partial charge in [-0.25, -0.2) is 0 Å². The van der Waals surface area contributed by atoms with E-state index in [9.17, 15) is 4.79 Å². The van der Waals surface area contributed by atoms with Crippen LogP contribution in [-0.2, 0) is 11.2 Å². The van der Waals surface area contributed by atoms with Crippen molar-refractivity contribution in [2.75, 3.05) is 26.7 Å². The van der Waals surface area contributed by atoms with Gasteiger partial charge in [0.05, 0.1) is 19.6 Å². The number of ether oxygens (including phenoxy) is 1. The molecular formula is C21H25BrN2O2. The summed E-state index contributed by atoms with van der Waals surface area (Å²) < 4.78 is 6.22. The van der Waals surface area contributed by atoms with Gasteiger partial charge in [-0.05, 0) is 55.3 Å². The van der Waals surface area contributed by atoms with E-state index in [0.717, 1.165) is 41.0 Å². The van der Waals surface area contributed by atoms with Gasteiger partial charge in [0.1, 0.15) is 5.75 Å². The SMILES string of the molecule is COc1ccc([C@H](CN2CCCC2)NC(=O)Cc2ccccc2Br)cc1. The summed E-state index contributed by atoms with van der Waals surface area (Å²) in [6, 6.07) is 15.8. The summed E-state index contributed by atoms with van der Waals surface area (Å²) in [6.07, 6.45) is 2.84. The molecule has 3 rings (SSSR count). The molecule has 4 nitrogen and oxygen atoms in total. The van der Waals surface area contributed by atoms with Gasteiger partial charge in [0.15, 0.2) is 0 Å². The Kier molecular flexibility index (Phi) is 6.69. The number of amides is 1. The van der Waals surface area contributed by atoms with E-state index < -0.39 is 0 Å². The highest BCUT2D eigenvalue weighted by atomic mass is 79.9. The number of halogens is 1. The third-order valence-electron chi connectivity index (χ3n) is 4.80. The van der Waals surface area contributed by atoms with Crippen LogP contribution in [-0.4, -0.2) is 37.6 Å². The fourth-order valence-electron chi connectivity index (χ4n) is 3.35. The Bertz CT molecular complexity index is 727. The monoisotopic (exact) mass is 416 g/mol. The zero-order valence-corrected chi connectivity index (χ0v) is 16.7. The largest absolute Gasteiger partial charge is 0.497 e. The van der Waals surface area contributed by atoms with Crippen molar-refractivity contribution in [1.29, 1.82) is 0 Å². The Morgan fingerprint density at radius 2 is 1.85 bits per heavy atom.